The van der Waals surface area contributed by atoms with E-state index in [9.17, 15) is 0 Å². The first-order chi connectivity index (χ1) is 9.10. The molecule has 0 bridgehead atoms. The first kappa shape index (κ1) is 14.6. The van der Waals surface area contributed by atoms with Crippen LogP contribution in [-0.2, 0) is 6.54 Å². The van der Waals surface area contributed by atoms with Crippen LogP contribution in [0.1, 0.15) is 25.3 Å². The van der Waals surface area contributed by atoms with Crippen LogP contribution in [0.4, 0.5) is 5.69 Å². The minimum atomic E-state index is 0.665. The third kappa shape index (κ3) is 3.85. The number of hydrogen-bond acceptors (Lipinski definition) is 3. The number of nitrogens with zero attached hydrogens (tertiary/aromatic N) is 2. The maximum atomic E-state index is 6.02. The second-order valence-corrected chi connectivity index (χ2v) is 5.86. The lowest BCUT2D eigenvalue weighted by Gasteiger charge is -2.36. The highest BCUT2D eigenvalue weighted by Gasteiger charge is 2.21. The normalized spacial score (nSPS) is 18.1. The van der Waals surface area contributed by atoms with Crippen LogP contribution in [0.15, 0.2) is 18.2 Å². The number of nitrogens with two attached hydrogens (primary N) is 1. The number of nitrogen functional groups attached to an aromatic ring is 1. The Kier molecular flexibility index (Phi) is 5.08. The van der Waals surface area contributed by atoms with Crippen LogP contribution in [-0.4, -0.2) is 42.5 Å². The summed E-state index contributed by atoms with van der Waals surface area (Å²) in [6, 6.07) is 6.46. The average molecular weight is 282 g/mol. The van der Waals surface area contributed by atoms with Crippen molar-refractivity contribution in [1.82, 2.24) is 9.80 Å². The quantitative estimate of drug-likeness (QED) is 0.862. The second-order valence-electron chi connectivity index (χ2n) is 5.42. The molecule has 2 N–H and O–H groups in total. The molecule has 0 atom stereocenters. The summed E-state index contributed by atoms with van der Waals surface area (Å²) in [5.74, 6) is 0. The zero-order chi connectivity index (χ0) is 13.8. The van der Waals surface area contributed by atoms with Crippen molar-refractivity contribution < 1.29 is 0 Å². The van der Waals surface area contributed by atoms with Gasteiger partial charge >= 0.3 is 0 Å². The molecule has 1 saturated heterocycles. The Balaban J connectivity index is 1.92. The van der Waals surface area contributed by atoms with Crippen LogP contribution < -0.4 is 5.73 Å². The molecule has 19 heavy (non-hydrogen) atoms. The summed E-state index contributed by atoms with van der Waals surface area (Å²) < 4.78 is 0. The Bertz CT molecular complexity index is 414. The van der Waals surface area contributed by atoms with E-state index in [2.05, 4.69) is 23.8 Å². The number of halogens is 1. The zero-order valence-corrected chi connectivity index (χ0v) is 12.7. The number of hydrogen-bond donors (Lipinski definition) is 1. The molecule has 2 rings (SSSR count). The van der Waals surface area contributed by atoms with Gasteiger partial charge in [0.1, 0.15) is 0 Å². The summed E-state index contributed by atoms with van der Waals surface area (Å²) in [6.45, 7) is 6.72. The molecular formula is C15H24ClN3. The maximum absolute atomic E-state index is 6.02. The minimum Gasteiger partial charge on any atom is -0.398 e. The molecule has 1 aliphatic rings. The molecule has 1 heterocycles. The minimum absolute atomic E-state index is 0.665. The van der Waals surface area contributed by atoms with Gasteiger partial charge in [-0.2, -0.15) is 0 Å². The topological polar surface area (TPSA) is 32.5 Å². The number of benzene rings is 1. The van der Waals surface area contributed by atoms with Gasteiger partial charge in [-0.25, -0.2) is 0 Å². The fourth-order valence-electron chi connectivity index (χ4n) is 2.78. The van der Waals surface area contributed by atoms with E-state index in [4.69, 9.17) is 17.3 Å². The van der Waals surface area contributed by atoms with Crippen molar-refractivity contribution in [2.24, 2.45) is 0 Å². The van der Waals surface area contributed by atoms with Crippen molar-refractivity contribution in [3.63, 3.8) is 0 Å². The molecule has 0 unspecified atom stereocenters. The molecule has 1 fully saturated rings. The van der Waals surface area contributed by atoms with Gasteiger partial charge in [0.25, 0.3) is 0 Å². The van der Waals surface area contributed by atoms with Gasteiger partial charge in [-0.05, 0) is 57.2 Å². The summed E-state index contributed by atoms with van der Waals surface area (Å²) in [6.07, 6.45) is 2.50. The van der Waals surface area contributed by atoms with Crippen LogP contribution in [0, 0.1) is 0 Å². The van der Waals surface area contributed by atoms with Gasteiger partial charge in [0.15, 0.2) is 0 Å². The summed E-state index contributed by atoms with van der Waals surface area (Å²) in [7, 11) is 2.19. The largest absolute Gasteiger partial charge is 0.398 e. The maximum Gasteiger partial charge on any atom is 0.0426 e. The van der Waals surface area contributed by atoms with Crippen LogP contribution in [0.25, 0.3) is 0 Å². The number of piperidine rings is 1. The Labute approximate surface area is 121 Å². The standard InChI is InChI=1S/C15H24ClN3/c1-3-19-8-6-14(7-9-19)18(2)11-12-4-5-13(16)10-15(12)17/h4-5,10,14H,3,6-9,11,17H2,1-2H3. The fourth-order valence-corrected chi connectivity index (χ4v) is 2.96. The first-order valence-corrected chi connectivity index (χ1v) is 7.44. The van der Waals surface area contributed by atoms with Gasteiger partial charge < -0.3 is 10.6 Å². The molecule has 4 heteroatoms. The van der Waals surface area contributed by atoms with Crippen molar-refractivity contribution in [1.29, 1.82) is 0 Å². The molecule has 0 saturated carbocycles. The molecule has 0 spiro atoms. The van der Waals surface area contributed by atoms with E-state index in [-0.39, 0.29) is 0 Å². The Morgan fingerprint density at radius 3 is 2.63 bits per heavy atom. The van der Waals surface area contributed by atoms with Crippen molar-refractivity contribution in [2.45, 2.75) is 32.4 Å². The van der Waals surface area contributed by atoms with Crippen molar-refractivity contribution in [2.75, 3.05) is 32.4 Å². The lowest BCUT2D eigenvalue weighted by atomic mass is 10.0. The van der Waals surface area contributed by atoms with Gasteiger partial charge in [-0.1, -0.05) is 24.6 Å². The van der Waals surface area contributed by atoms with E-state index in [0.717, 1.165) is 12.2 Å². The summed E-state index contributed by atoms with van der Waals surface area (Å²) in [5, 5.41) is 0.708. The second kappa shape index (κ2) is 6.60. The average Bonchev–Trinajstić information content (AvgIpc) is 2.42. The first-order valence-electron chi connectivity index (χ1n) is 7.06. The van der Waals surface area contributed by atoms with Gasteiger partial charge in [0.2, 0.25) is 0 Å². The highest BCUT2D eigenvalue weighted by molar-refractivity contribution is 6.30. The van der Waals surface area contributed by atoms with E-state index in [1.807, 2.05) is 18.2 Å². The lowest BCUT2D eigenvalue weighted by molar-refractivity contribution is 0.127. The molecule has 0 aromatic heterocycles. The van der Waals surface area contributed by atoms with Crippen LogP contribution in [0.3, 0.4) is 0 Å². The highest BCUT2D eigenvalue weighted by atomic mass is 35.5. The number of rotatable bonds is 4. The van der Waals surface area contributed by atoms with Crippen molar-refractivity contribution in [3.8, 4) is 0 Å². The monoisotopic (exact) mass is 281 g/mol. The predicted molar refractivity (Wildman–Crippen MR) is 82.5 cm³/mol. The van der Waals surface area contributed by atoms with Crippen molar-refractivity contribution in [3.05, 3.63) is 28.8 Å². The van der Waals surface area contributed by atoms with Crippen LogP contribution in [0.2, 0.25) is 5.02 Å². The van der Waals surface area contributed by atoms with E-state index in [1.54, 1.807) is 0 Å². The molecule has 1 aromatic carbocycles. The molecule has 1 aliphatic heterocycles. The van der Waals surface area contributed by atoms with E-state index < -0.39 is 0 Å². The van der Waals surface area contributed by atoms with Gasteiger partial charge in [-0.15, -0.1) is 0 Å². The SMILES string of the molecule is CCN1CCC(N(C)Cc2ccc(Cl)cc2N)CC1. The summed E-state index contributed by atoms with van der Waals surface area (Å²) in [5.41, 5.74) is 7.99. The Hall–Kier alpha value is -0.770. The molecule has 0 radical (unpaired) electrons. The molecule has 3 nitrogen and oxygen atoms in total. The van der Waals surface area contributed by atoms with Crippen LogP contribution in [0.5, 0.6) is 0 Å². The molecule has 0 amide bonds. The third-order valence-electron chi connectivity index (χ3n) is 4.16. The number of anilines is 1. The Morgan fingerprint density at radius 1 is 1.37 bits per heavy atom. The molecule has 1 aromatic rings. The van der Waals surface area contributed by atoms with E-state index in [0.29, 0.717) is 11.1 Å². The van der Waals surface area contributed by atoms with Crippen molar-refractivity contribution >= 4 is 17.3 Å². The van der Waals surface area contributed by atoms with Gasteiger partial charge in [0, 0.05) is 23.3 Å². The summed E-state index contributed by atoms with van der Waals surface area (Å²) >= 11 is 5.94. The molecule has 0 aliphatic carbocycles. The predicted octanol–water partition coefficient (Wildman–Crippen LogP) is 2.84. The smallest absolute Gasteiger partial charge is 0.0426 e. The Morgan fingerprint density at radius 2 is 2.05 bits per heavy atom. The van der Waals surface area contributed by atoms with Gasteiger partial charge in [0.05, 0.1) is 0 Å². The summed E-state index contributed by atoms with van der Waals surface area (Å²) in [4.78, 5) is 4.94. The molecule has 106 valence electrons. The van der Waals surface area contributed by atoms with E-state index >= 15 is 0 Å². The van der Waals surface area contributed by atoms with Gasteiger partial charge in [-0.3, -0.25) is 4.90 Å². The lowest BCUT2D eigenvalue weighted by Crippen LogP contribution is -2.42. The number of likely N-dealkylation sites (tertiary alicyclic amines) is 1. The zero-order valence-electron chi connectivity index (χ0n) is 11.9. The van der Waals surface area contributed by atoms with Crippen LogP contribution >= 0.6 is 11.6 Å². The fraction of sp³-hybridized carbons (Fsp3) is 0.600. The highest BCUT2D eigenvalue weighted by Crippen LogP contribution is 2.22. The van der Waals surface area contributed by atoms with E-state index in [1.165, 1.54) is 38.0 Å². The third-order valence-corrected chi connectivity index (χ3v) is 4.39. The molecular weight excluding hydrogens is 258 g/mol.